The van der Waals surface area contributed by atoms with Gasteiger partial charge in [-0.3, -0.25) is 10.1 Å². The van der Waals surface area contributed by atoms with Crippen LogP contribution in [0, 0.1) is 21.4 Å². The third-order valence-corrected chi connectivity index (χ3v) is 5.07. The molecule has 2 heterocycles. The number of H-pyrrole nitrogens is 1. The number of benzene rings is 2. The Morgan fingerprint density at radius 3 is 2.60 bits per heavy atom. The topological polar surface area (TPSA) is 113 Å². The molecular weight excluding hydrogens is 384 g/mol. The Morgan fingerprint density at radius 1 is 1.23 bits per heavy atom. The van der Waals surface area contributed by atoms with Crippen LogP contribution in [0.25, 0.3) is 16.7 Å². The van der Waals surface area contributed by atoms with Crippen LogP contribution in [-0.4, -0.2) is 24.1 Å². The molecule has 8 nitrogen and oxygen atoms in total. The molecule has 1 aromatic heterocycles. The van der Waals surface area contributed by atoms with Gasteiger partial charge < -0.3 is 19.8 Å². The molecule has 0 radical (unpaired) electrons. The van der Waals surface area contributed by atoms with E-state index in [4.69, 9.17) is 9.47 Å². The van der Waals surface area contributed by atoms with Gasteiger partial charge in [-0.05, 0) is 23.8 Å². The summed E-state index contributed by atoms with van der Waals surface area (Å²) in [5, 5.41) is 25.6. The summed E-state index contributed by atoms with van der Waals surface area (Å²) in [5.41, 5.74) is 2.07. The number of nitrogens with one attached hydrogen (secondary N) is 2. The summed E-state index contributed by atoms with van der Waals surface area (Å²) < 4.78 is 11.1. The summed E-state index contributed by atoms with van der Waals surface area (Å²) >= 11 is 0. The van der Waals surface area contributed by atoms with Crippen LogP contribution in [-0.2, 0) is 4.74 Å². The lowest BCUT2D eigenvalue weighted by Crippen LogP contribution is -2.26. The number of rotatable bonds is 5. The minimum Gasteiger partial charge on any atom is -0.497 e. The normalized spacial score (nSPS) is 16.2. The third kappa shape index (κ3) is 3.02. The molecule has 1 atom stereocenters. The molecule has 30 heavy (non-hydrogen) atoms. The predicted molar refractivity (Wildman–Crippen MR) is 111 cm³/mol. The van der Waals surface area contributed by atoms with Crippen molar-refractivity contribution in [1.82, 2.24) is 10.3 Å². The lowest BCUT2D eigenvalue weighted by molar-refractivity contribution is -0.433. The van der Waals surface area contributed by atoms with Gasteiger partial charge in [-0.1, -0.05) is 30.3 Å². The summed E-state index contributed by atoms with van der Waals surface area (Å²) in [4.78, 5) is 14.6. The number of allylic oxidation sites excluding steroid dienone is 1. The van der Waals surface area contributed by atoms with Gasteiger partial charge in [0.25, 0.3) is 5.88 Å². The zero-order valence-corrected chi connectivity index (χ0v) is 16.3. The molecule has 0 aliphatic carbocycles. The molecule has 0 saturated carbocycles. The van der Waals surface area contributed by atoms with Gasteiger partial charge in [-0.2, -0.15) is 5.26 Å². The van der Waals surface area contributed by atoms with Crippen LogP contribution in [0.5, 0.6) is 5.75 Å². The first-order valence-corrected chi connectivity index (χ1v) is 9.18. The van der Waals surface area contributed by atoms with Crippen LogP contribution in [0.15, 0.2) is 71.9 Å². The maximum Gasteiger partial charge on any atom is 0.318 e. The van der Waals surface area contributed by atoms with E-state index in [1.807, 2.05) is 24.3 Å². The zero-order valence-electron chi connectivity index (χ0n) is 16.3. The van der Waals surface area contributed by atoms with E-state index in [1.165, 1.54) is 0 Å². The minimum atomic E-state index is -0.907. The molecule has 0 fully saturated rings. The van der Waals surface area contributed by atoms with Gasteiger partial charge in [-0.25, -0.2) is 0 Å². The number of nitro groups is 1. The third-order valence-electron chi connectivity index (χ3n) is 5.07. The molecule has 3 aromatic rings. The monoisotopic (exact) mass is 402 g/mol. The standard InChI is InChI=1S/C22H18N4O4/c1-24-22-20(26(27)28)19(13-7-9-14(29-2)10-8-13)16(11-23)21(30-22)17-12-25-18-6-4-3-5-15(17)18/h3-10,12,19,24-25H,1-2H3. The van der Waals surface area contributed by atoms with Gasteiger partial charge in [0.15, 0.2) is 5.76 Å². The molecule has 0 amide bonds. The number of methoxy groups -OCH3 is 1. The van der Waals surface area contributed by atoms with Crippen molar-refractivity contribution in [3.8, 4) is 11.8 Å². The molecule has 0 spiro atoms. The number of nitriles is 1. The Labute approximate surface area is 172 Å². The highest BCUT2D eigenvalue weighted by atomic mass is 16.6. The molecule has 0 saturated heterocycles. The number of hydrogen-bond donors (Lipinski definition) is 2. The molecule has 150 valence electrons. The number of ether oxygens (including phenoxy) is 2. The fourth-order valence-electron chi connectivity index (χ4n) is 3.67. The average Bonchev–Trinajstić information content (AvgIpc) is 3.21. The Hall–Kier alpha value is -4.25. The second kappa shape index (κ2) is 7.64. The first-order chi connectivity index (χ1) is 14.6. The summed E-state index contributed by atoms with van der Waals surface area (Å²) in [6.45, 7) is 0. The minimum absolute atomic E-state index is 0.0000918. The first kappa shape index (κ1) is 19.1. The van der Waals surface area contributed by atoms with Crippen molar-refractivity contribution in [3.05, 3.63) is 93.1 Å². The fraction of sp³-hybridized carbons (Fsp3) is 0.136. The Balaban J connectivity index is 1.98. The van der Waals surface area contributed by atoms with E-state index in [9.17, 15) is 15.4 Å². The fourth-order valence-corrected chi connectivity index (χ4v) is 3.67. The molecule has 0 bridgehead atoms. The quantitative estimate of drug-likeness (QED) is 0.494. The van der Waals surface area contributed by atoms with E-state index >= 15 is 0 Å². The number of para-hydroxylation sites is 1. The molecule has 4 rings (SSSR count). The van der Waals surface area contributed by atoms with Crippen LogP contribution in [0.3, 0.4) is 0 Å². The van der Waals surface area contributed by atoms with Crippen molar-refractivity contribution >= 4 is 16.7 Å². The summed E-state index contributed by atoms with van der Waals surface area (Å²) in [5.74, 6) is -0.00722. The molecule has 2 N–H and O–H groups in total. The van der Waals surface area contributed by atoms with E-state index in [1.54, 1.807) is 44.6 Å². The van der Waals surface area contributed by atoms with E-state index in [0.717, 1.165) is 10.9 Å². The molecule has 8 heteroatoms. The molecule has 2 aromatic carbocycles. The SMILES string of the molecule is CNC1=C([N+](=O)[O-])C(c2ccc(OC)cc2)C(C#N)=C(c2c[nH]c3ccccc23)O1. The highest BCUT2D eigenvalue weighted by Gasteiger charge is 2.42. The molecular formula is C22H18N4O4. The number of nitrogens with zero attached hydrogens (tertiary/aromatic N) is 2. The number of hydrogen-bond acceptors (Lipinski definition) is 6. The van der Waals surface area contributed by atoms with Crippen LogP contribution >= 0.6 is 0 Å². The maximum atomic E-state index is 12.0. The van der Waals surface area contributed by atoms with E-state index in [0.29, 0.717) is 16.9 Å². The van der Waals surface area contributed by atoms with Gasteiger partial charge in [0.2, 0.25) is 0 Å². The molecule has 1 aliphatic rings. The van der Waals surface area contributed by atoms with Crippen molar-refractivity contribution in [2.24, 2.45) is 0 Å². The first-order valence-electron chi connectivity index (χ1n) is 9.18. The van der Waals surface area contributed by atoms with Gasteiger partial charge in [0.05, 0.1) is 23.7 Å². The number of fused-ring (bicyclic) bond motifs is 1. The summed E-state index contributed by atoms with van der Waals surface area (Å²) in [7, 11) is 3.09. The van der Waals surface area contributed by atoms with Crippen molar-refractivity contribution in [2.45, 2.75) is 5.92 Å². The summed E-state index contributed by atoms with van der Waals surface area (Å²) in [6, 6.07) is 16.6. The van der Waals surface area contributed by atoms with Crippen LogP contribution in [0.2, 0.25) is 0 Å². The number of aromatic amines is 1. The van der Waals surface area contributed by atoms with Gasteiger partial charge in [0.1, 0.15) is 11.7 Å². The largest absolute Gasteiger partial charge is 0.497 e. The van der Waals surface area contributed by atoms with E-state index < -0.39 is 10.8 Å². The van der Waals surface area contributed by atoms with Crippen molar-refractivity contribution in [2.75, 3.05) is 14.2 Å². The molecule has 1 unspecified atom stereocenters. The van der Waals surface area contributed by atoms with Crippen molar-refractivity contribution in [1.29, 1.82) is 5.26 Å². The van der Waals surface area contributed by atoms with Gasteiger partial charge >= 0.3 is 5.70 Å². The van der Waals surface area contributed by atoms with Crippen LogP contribution in [0.1, 0.15) is 17.0 Å². The number of aromatic nitrogens is 1. The van der Waals surface area contributed by atoms with E-state index in [2.05, 4.69) is 16.4 Å². The Morgan fingerprint density at radius 2 is 1.97 bits per heavy atom. The maximum absolute atomic E-state index is 12.0. The summed E-state index contributed by atoms with van der Waals surface area (Å²) in [6.07, 6.45) is 1.74. The zero-order chi connectivity index (χ0) is 21.3. The Kier molecular flexibility index (Phi) is 4.86. The smallest absolute Gasteiger partial charge is 0.318 e. The lowest BCUT2D eigenvalue weighted by Gasteiger charge is -2.25. The van der Waals surface area contributed by atoms with E-state index in [-0.39, 0.29) is 22.9 Å². The van der Waals surface area contributed by atoms with Gasteiger partial charge in [-0.15, -0.1) is 0 Å². The average molecular weight is 402 g/mol. The highest BCUT2D eigenvalue weighted by Crippen LogP contribution is 2.44. The van der Waals surface area contributed by atoms with Crippen molar-refractivity contribution in [3.63, 3.8) is 0 Å². The van der Waals surface area contributed by atoms with Crippen molar-refractivity contribution < 1.29 is 14.4 Å². The van der Waals surface area contributed by atoms with Crippen LogP contribution in [0.4, 0.5) is 0 Å². The second-order valence-corrected chi connectivity index (χ2v) is 6.63. The molecule has 1 aliphatic heterocycles. The highest BCUT2D eigenvalue weighted by molar-refractivity contribution is 5.93. The Bertz CT molecular complexity index is 1230. The van der Waals surface area contributed by atoms with Crippen LogP contribution < -0.4 is 10.1 Å². The predicted octanol–water partition coefficient (Wildman–Crippen LogP) is 3.89. The van der Waals surface area contributed by atoms with Gasteiger partial charge in [0, 0.05) is 29.7 Å². The lowest BCUT2D eigenvalue weighted by atomic mass is 9.85. The second-order valence-electron chi connectivity index (χ2n) is 6.63.